The lowest BCUT2D eigenvalue weighted by atomic mass is 10.3. The predicted octanol–water partition coefficient (Wildman–Crippen LogP) is 1.72. The number of benzene rings is 1. The van der Waals surface area contributed by atoms with E-state index in [9.17, 15) is 9.59 Å². The first-order chi connectivity index (χ1) is 11.6. The highest BCUT2D eigenvalue weighted by Crippen LogP contribution is 2.21. The third-order valence-electron chi connectivity index (χ3n) is 3.55. The molecular formula is C15H10ClN5O3. The van der Waals surface area contributed by atoms with Gasteiger partial charge in [-0.3, -0.25) is 9.20 Å². The molecular weight excluding hydrogens is 334 g/mol. The van der Waals surface area contributed by atoms with Crippen LogP contribution in [0.2, 0.25) is 5.15 Å². The molecule has 0 amide bonds. The van der Waals surface area contributed by atoms with Crippen LogP contribution in [-0.4, -0.2) is 36.6 Å². The van der Waals surface area contributed by atoms with Gasteiger partial charge in [-0.15, -0.1) is 5.10 Å². The van der Waals surface area contributed by atoms with Crippen LogP contribution in [0.25, 0.3) is 22.5 Å². The first-order valence-electron chi connectivity index (χ1n) is 7.13. The largest absolute Gasteiger partial charge is 0.462 e. The van der Waals surface area contributed by atoms with Gasteiger partial charge in [-0.2, -0.15) is 4.52 Å². The number of fused-ring (bicyclic) bond motifs is 5. The maximum absolute atomic E-state index is 12.5. The van der Waals surface area contributed by atoms with Gasteiger partial charge in [-0.1, -0.05) is 23.7 Å². The molecule has 0 spiro atoms. The molecule has 1 aromatic carbocycles. The molecule has 8 nitrogen and oxygen atoms in total. The van der Waals surface area contributed by atoms with Gasteiger partial charge in [0.15, 0.2) is 10.8 Å². The first kappa shape index (κ1) is 14.6. The highest BCUT2D eigenvalue weighted by Gasteiger charge is 2.19. The molecule has 0 bridgehead atoms. The second-order valence-electron chi connectivity index (χ2n) is 4.96. The SMILES string of the molecule is CCOC(=O)c1cnc2n(nc3c(Cl)nc4ccccc4n32)c1=O. The van der Waals surface area contributed by atoms with Crippen molar-refractivity contribution < 1.29 is 9.53 Å². The van der Waals surface area contributed by atoms with Crippen LogP contribution in [0.3, 0.4) is 0 Å². The number of rotatable bonds is 2. The molecule has 4 rings (SSSR count). The Morgan fingerprint density at radius 2 is 2.12 bits per heavy atom. The molecule has 0 fully saturated rings. The highest BCUT2D eigenvalue weighted by molar-refractivity contribution is 6.32. The van der Waals surface area contributed by atoms with Crippen LogP contribution in [0, 0.1) is 0 Å². The Morgan fingerprint density at radius 1 is 1.33 bits per heavy atom. The minimum Gasteiger partial charge on any atom is -0.462 e. The van der Waals surface area contributed by atoms with Gasteiger partial charge in [0.1, 0.15) is 5.56 Å². The number of carbonyl (C=O) groups is 1. The van der Waals surface area contributed by atoms with E-state index in [-0.39, 0.29) is 28.7 Å². The average molecular weight is 344 g/mol. The van der Waals surface area contributed by atoms with Crippen molar-refractivity contribution in [2.24, 2.45) is 0 Å². The van der Waals surface area contributed by atoms with E-state index < -0.39 is 11.5 Å². The van der Waals surface area contributed by atoms with Crippen LogP contribution >= 0.6 is 11.6 Å². The number of carbonyl (C=O) groups excluding carboxylic acids is 1. The van der Waals surface area contributed by atoms with Crippen molar-refractivity contribution in [1.82, 2.24) is 24.0 Å². The maximum Gasteiger partial charge on any atom is 0.345 e. The van der Waals surface area contributed by atoms with Crippen molar-refractivity contribution in [1.29, 1.82) is 0 Å². The van der Waals surface area contributed by atoms with Crippen LogP contribution in [0.4, 0.5) is 0 Å². The number of esters is 1. The molecule has 0 aliphatic rings. The molecule has 9 heteroatoms. The lowest BCUT2D eigenvalue weighted by Gasteiger charge is -2.03. The molecule has 0 N–H and O–H groups in total. The monoisotopic (exact) mass is 343 g/mol. The predicted molar refractivity (Wildman–Crippen MR) is 86.5 cm³/mol. The quantitative estimate of drug-likeness (QED) is 0.515. The smallest absolute Gasteiger partial charge is 0.345 e. The van der Waals surface area contributed by atoms with Gasteiger partial charge in [0.25, 0.3) is 5.56 Å². The summed E-state index contributed by atoms with van der Waals surface area (Å²) in [5.74, 6) is -0.501. The van der Waals surface area contributed by atoms with Crippen molar-refractivity contribution in [3.8, 4) is 0 Å². The van der Waals surface area contributed by atoms with Crippen molar-refractivity contribution in [2.45, 2.75) is 6.92 Å². The van der Waals surface area contributed by atoms with E-state index in [4.69, 9.17) is 16.3 Å². The third-order valence-corrected chi connectivity index (χ3v) is 3.80. The summed E-state index contributed by atoms with van der Waals surface area (Å²) < 4.78 is 7.52. The number of aromatic nitrogens is 5. The molecule has 0 unspecified atom stereocenters. The lowest BCUT2D eigenvalue weighted by Crippen LogP contribution is -2.24. The summed E-state index contributed by atoms with van der Waals surface area (Å²) in [5, 5.41) is 4.31. The van der Waals surface area contributed by atoms with E-state index in [1.807, 2.05) is 18.2 Å². The molecule has 3 heterocycles. The molecule has 0 atom stereocenters. The van der Waals surface area contributed by atoms with Gasteiger partial charge in [-0.25, -0.2) is 14.8 Å². The van der Waals surface area contributed by atoms with Gasteiger partial charge >= 0.3 is 5.97 Å². The van der Waals surface area contributed by atoms with E-state index in [1.165, 1.54) is 6.20 Å². The number of hydrogen-bond acceptors (Lipinski definition) is 6. The molecule has 0 saturated heterocycles. The fraction of sp³-hybridized carbons (Fsp3) is 0.133. The third kappa shape index (κ3) is 1.96. The van der Waals surface area contributed by atoms with Crippen LogP contribution in [0.15, 0.2) is 35.3 Å². The zero-order chi connectivity index (χ0) is 16.8. The minimum atomic E-state index is -0.740. The van der Waals surface area contributed by atoms with Crippen LogP contribution in [0.5, 0.6) is 0 Å². The number of ether oxygens (including phenoxy) is 1. The Kier molecular flexibility index (Phi) is 3.20. The first-order valence-corrected chi connectivity index (χ1v) is 7.51. The van der Waals surface area contributed by atoms with Crippen molar-refractivity contribution in [3.63, 3.8) is 0 Å². The number of para-hydroxylation sites is 2. The van der Waals surface area contributed by atoms with Crippen LogP contribution in [0.1, 0.15) is 17.3 Å². The average Bonchev–Trinajstić information content (AvgIpc) is 2.97. The van der Waals surface area contributed by atoms with Gasteiger partial charge < -0.3 is 4.74 Å². The van der Waals surface area contributed by atoms with Gasteiger partial charge in [0.05, 0.1) is 23.8 Å². The second-order valence-corrected chi connectivity index (χ2v) is 5.32. The molecule has 24 heavy (non-hydrogen) atoms. The fourth-order valence-electron chi connectivity index (χ4n) is 2.52. The van der Waals surface area contributed by atoms with E-state index in [0.717, 1.165) is 4.52 Å². The van der Waals surface area contributed by atoms with Gasteiger partial charge in [-0.05, 0) is 19.1 Å². The normalized spacial score (nSPS) is 11.4. The fourth-order valence-corrected chi connectivity index (χ4v) is 2.73. The molecule has 0 aliphatic carbocycles. The summed E-state index contributed by atoms with van der Waals surface area (Å²) in [6, 6.07) is 7.27. The van der Waals surface area contributed by atoms with Gasteiger partial charge in [0, 0.05) is 0 Å². The molecule has 0 aliphatic heterocycles. The Balaban J connectivity index is 2.14. The number of nitrogens with zero attached hydrogens (tertiary/aromatic N) is 5. The molecule has 3 aromatic heterocycles. The zero-order valence-corrected chi connectivity index (χ0v) is 13.2. The summed E-state index contributed by atoms with van der Waals surface area (Å²) in [5.41, 5.74) is 0.802. The number of halogens is 1. The van der Waals surface area contributed by atoms with Crippen molar-refractivity contribution in [3.05, 3.63) is 51.5 Å². The summed E-state index contributed by atoms with van der Waals surface area (Å²) in [6.07, 6.45) is 1.19. The second kappa shape index (κ2) is 5.27. The topological polar surface area (TPSA) is 90.9 Å². The Hall–Kier alpha value is -3.00. The Bertz CT molecular complexity index is 1180. The van der Waals surface area contributed by atoms with E-state index in [2.05, 4.69) is 15.1 Å². The molecule has 0 radical (unpaired) electrons. The minimum absolute atomic E-state index is 0.135. The molecule has 120 valence electrons. The van der Waals surface area contributed by atoms with Crippen molar-refractivity contribution in [2.75, 3.05) is 6.61 Å². The lowest BCUT2D eigenvalue weighted by molar-refractivity contribution is 0.0523. The zero-order valence-electron chi connectivity index (χ0n) is 12.4. The standard InChI is InChI=1S/C15H10ClN5O3/c1-2-24-14(23)8-7-17-15-20-10-6-4-3-5-9(10)18-11(16)12(20)19-21(15)13(8)22/h3-7H,2H2,1H3. The molecule has 4 aromatic rings. The van der Waals surface area contributed by atoms with Crippen LogP contribution in [-0.2, 0) is 4.74 Å². The summed E-state index contributed by atoms with van der Waals surface area (Å²) >= 11 is 6.18. The Labute approximate surface area is 139 Å². The highest BCUT2D eigenvalue weighted by atomic mass is 35.5. The van der Waals surface area contributed by atoms with E-state index >= 15 is 0 Å². The van der Waals surface area contributed by atoms with Gasteiger partial charge in [0.2, 0.25) is 5.78 Å². The van der Waals surface area contributed by atoms with Crippen molar-refractivity contribution >= 4 is 40.0 Å². The van der Waals surface area contributed by atoms with Crippen LogP contribution < -0.4 is 5.56 Å². The molecule has 0 saturated carbocycles. The Morgan fingerprint density at radius 3 is 2.92 bits per heavy atom. The van der Waals surface area contributed by atoms with E-state index in [1.54, 1.807) is 17.4 Å². The summed E-state index contributed by atoms with van der Waals surface area (Å²) in [6.45, 7) is 1.82. The summed E-state index contributed by atoms with van der Waals surface area (Å²) in [7, 11) is 0. The van der Waals surface area contributed by atoms with E-state index in [0.29, 0.717) is 11.0 Å². The summed E-state index contributed by atoms with van der Waals surface area (Å²) in [4.78, 5) is 32.9. The number of hydrogen-bond donors (Lipinski definition) is 0. The maximum atomic E-state index is 12.5.